The molecule has 1 aliphatic rings. The summed E-state index contributed by atoms with van der Waals surface area (Å²) in [4.78, 5) is 12.2. The third-order valence-electron chi connectivity index (χ3n) is 5.08. The number of piperidine rings is 1. The molecule has 3 rings (SSSR count). The van der Waals surface area contributed by atoms with Crippen molar-refractivity contribution < 1.29 is 35.2 Å². The van der Waals surface area contributed by atoms with Crippen molar-refractivity contribution in [3.05, 3.63) is 41.4 Å². The van der Waals surface area contributed by atoms with Gasteiger partial charge in [-0.3, -0.25) is 0 Å². The Balaban J connectivity index is 1.68. The van der Waals surface area contributed by atoms with Crippen LogP contribution in [0.3, 0.4) is 0 Å². The van der Waals surface area contributed by atoms with Crippen LogP contribution in [0.15, 0.2) is 33.8 Å². The quantitative estimate of drug-likeness (QED) is 0.646. The van der Waals surface area contributed by atoms with Crippen LogP contribution in [-0.4, -0.2) is 38.0 Å². The number of anilines is 2. The molecule has 0 spiro atoms. The minimum atomic E-state index is -4.36. The Bertz CT molecular complexity index is 1070. The standard InChI is InChI=1S/C19H21F4N3O4S/c1-11-3-4-14(9-15(11)20)24-18(27)25-16-10-17(30-12(16)2)31(28,29)26-7-5-13(6-8-26)19(21,22)23/h3-4,9-10,13H,5-8H2,1-2H3,(H2,24,25,27). The zero-order chi connectivity index (χ0) is 23.0. The zero-order valence-electron chi connectivity index (χ0n) is 16.7. The fourth-order valence-electron chi connectivity index (χ4n) is 3.21. The van der Waals surface area contributed by atoms with Gasteiger partial charge in [-0.05, 0) is 44.4 Å². The van der Waals surface area contributed by atoms with Gasteiger partial charge in [0.05, 0.1) is 11.6 Å². The van der Waals surface area contributed by atoms with Crippen LogP contribution < -0.4 is 10.6 Å². The number of benzene rings is 1. The molecule has 0 saturated carbocycles. The van der Waals surface area contributed by atoms with E-state index in [1.807, 2.05) is 0 Å². The van der Waals surface area contributed by atoms with Crippen molar-refractivity contribution in [3.8, 4) is 0 Å². The molecule has 1 aromatic carbocycles. The molecule has 170 valence electrons. The highest BCUT2D eigenvalue weighted by Crippen LogP contribution is 2.36. The van der Waals surface area contributed by atoms with Gasteiger partial charge in [0.2, 0.25) is 5.09 Å². The van der Waals surface area contributed by atoms with Gasteiger partial charge in [0, 0.05) is 24.8 Å². The van der Waals surface area contributed by atoms with E-state index in [1.54, 1.807) is 6.92 Å². The lowest BCUT2D eigenvalue weighted by molar-refractivity contribution is -0.182. The third-order valence-corrected chi connectivity index (χ3v) is 6.84. The Kier molecular flexibility index (Phi) is 6.33. The van der Waals surface area contributed by atoms with Gasteiger partial charge in [-0.15, -0.1) is 0 Å². The highest BCUT2D eigenvalue weighted by atomic mass is 32.2. The largest absolute Gasteiger partial charge is 0.446 e. The molecule has 0 aliphatic carbocycles. The normalized spacial score (nSPS) is 16.3. The molecule has 2 N–H and O–H groups in total. The summed E-state index contributed by atoms with van der Waals surface area (Å²) >= 11 is 0. The number of aryl methyl sites for hydroxylation is 2. The number of hydrogen-bond donors (Lipinski definition) is 2. The van der Waals surface area contributed by atoms with Gasteiger partial charge in [-0.2, -0.15) is 17.5 Å². The average molecular weight is 463 g/mol. The first-order valence-corrected chi connectivity index (χ1v) is 10.8. The van der Waals surface area contributed by atoms with E-state index in [0.29, 0.717) is 5.56 Å². The van der Waals surface area contributed by atoms with Crippen LogP contribution in [-0.2, 0) is 10.0 Å². The first-order valence-electron chi connectivity index (χ1n) is 9.39. The second kappa shape index (κ2) is 8.50. The van der Waals surface area contributed by atoms with Crippen LogP contribution in [0.5, 0.6) is 0 Å². The van der Waals surface area contributed by atoms with Crippen LogP contribution in [0.1, 0.15) is 24.2 Å². The monoisotopic (exact) mass is 463 g/mol. The Hall–Kier alpha value is -2.60. The summed E-state index contributed by atoms with van der Waals surface area (Å²) in [5, 5.41) is 4.36. The summed E-state index contributed by atoms with van der Waals surface area (Å²) in [6.07, 6.45) is -5.02. The number of amides is 2. The van der Waals surface area contributed by atoms with E-state index in [0.717, 1.165) is 16.4 Å². The molecule has 1 saturated heterocycles. The highest BCUT2D eigenvalue weighted by molar-refractivity contribution is 7.89. The van der Waals surface area contributed by atoms with Crippen molar-refractivity contribution in [3.63, 3.8) is 0 Å². The lowest BCUT2D eigenvalue weighted by Crippen LogP contribution is -2.41. The maximum atomic E-state index is 13.6. The minimum Gasteiger partial charge on any atom is -0.446 e. The zero-order valence-corrected chi connectivity index (χ0v) is 17.5. The second-order valence-corrected chi connectivity index (χ2v) is 9.17. The predicted octanol–water partition coefficient (Wildman–Crippen LogP) is 4.64. The number of rotatable bonds is 4. The Labute approximate surface area is 176 Å². The number of carbonyl (C=O) groups excluding carboxylic acids is 1. The summed E-state index contributed by atoms with van der Waals surface area (Å²) in [6.45, 7) is 2.43. The molecule has 0 atom stereocenters. The Morgan fingerprint density at radius 1 is 1.13 bits per heavy atom. The molecule has 2 heterocycles. The molecule has 2 amide bonds. The van der Waals surface area contributed by atoms with E-state index in [1.165, 1.54) is 19.1 Å². The molecule has 1 fully saturated rings. The number of alkyl halides is 3. The average Bonchev–Trinajstić information content (AvgIpc) is 3.05. The number of carbonyl (C=O) groups is 1. The molecule has 0 radical (unpaired) electrons. The molecule has 1 aromatic heterocycles. The SMILES string of the molecule is Cc1ccc(NC(=O)Nc2cc(S(=O)(=O)N3CCC(C(F)(F)F)CC3)oc2C)cc1F. The van der Waals surface area contributed by atoms with E-state index in [-0.39, 0.29) is 43.1 Å². The van der Waals surface area contributed by atoms with E-state index >= 15 is 0 Å². The molecule has 0 unspecified atom stereocenters. The number of furan rings is 1. The van der Waals surface area contributed by atoms with Gasteiger partial charge in [0.15, 0.2) is 0 Å². The molecule has 0 bridgehead atoms. The molecule has 12 heteroatoms. The molecule has 31 heavy (non-hydrogen) atoms. The molecular weight excluding hydrogens is 442 g/mol. The van der Waals surface area contributed by atoms with Crippen molar-refractivity contribution in [2.24, 2.45) is 5.92 Å². The summed E-state index contributed by atoms with van der Waals surface area (Å²) in [6, 6.07) is 4.47. The van der Waals surface area contributed by atoms with Gasteiger partial charge in [-0.25, -0.2) is 17.6 Å². The number of nitrogens with zero attached hydrogens (tertiary/aromatic N) is 1. The first kappa shape index (κ1) is 23.1. The number of urea groups is 1. The van der Waals surface area contributed by atoms with Crippen LogP contribution in [0, 0.1) is 25.6 Å². The predicted molar refractivity (Wildman–Crippen MR) is 105 cm³/mol. The topological polar surface area (TPSA) is 91.7 Å². The summed E-state index contributed by atoms with van der Waals surface area (Å²) in [7, 11) is -4.16. The fraction of sp³-hybridized carbons (Fsp3) is 0.421. The lowest BCUT2D eigenvalue weighted by Gasteiger charge is -2.31. The lowest BCUT2D eigenvalue weighted by atomic mass is 9.98. The van der Waals surface area contributed by atoms with Crippen molar-refractivity contribution in [1.82, 2.24) is 4.31 Å². The summed E-state index contributed by atoms with van der Waals surface area (Å²) in [5.74, 6) is -1.95. The first-order chi connectivity index (χ1) is 14.4. The second-order valence-electron chi connectivity index (χ2n) is 7.30. The Morgan fingerprint density at radius 2 is 1.77 bits per heavy atom. The number of hydrogen-bond acceptors (Lipinski definition) is 4. The van der Waals surface area contributed by atoms with E-state index in [2.05, 4.69) is 10.6 Å². The van der Waals surface area contributed by atoms with E-state index in [4.69, 9.17) is 4.42 Å². The smallest absolute Gasteiger partial charge is 0.391 e. The van der Waals surface area contributed by atoms with Crippen LogP contribution in [0.25, 0.3) is 0 Å². The molecule has 1 aliphatic heterocycles. The van der Waals surface area contributed by atoms with Gasteiger partial charge in [0.1, 0.15) is 11.6 Å². The maximum Gasteiger partial charge on any atom is 0.391 e. The van der Waals surface area contributed by atoms with Crippen LogP contribution >= 0.6 is 0 Å². The van der Waals surface area contributed by atoms with Crippen LogP contribution in [0.2, 0.25) is 0 Å². The maximum absolute atomic E-state index is 13.6. The molecular formula is C19H21F4N3O4S. The van der Waals surface area contributed by atoms with Crippen molar-refractivity contribution in [1.29, 1.82) is 0 Å². The fourth-order valence-corrected chi connectivity index (χ4v) is 4.66. The van der Waals surface area contributed by atoms with Gasteiger partial charge >= 0.3 is 12.2 Å². The minimum absolute atomic E-state index is 0.0637. The van der Waals surface area contributed by atoms with Gasteiger partial charge in [-0.1, -0.05) is 6.07 Å². The molecule has 2 aromatic rings. The molecule has 7 nitrogen and oxygen atoms in total. The van der Waals surface area contributed by atoms with Crippen LogP contribution in [0.4, 0.5) is 33.7 Å². The summed E-state index contributed by atoms with van der Waals surface area (Å²) in [5.41, 5.74) is 0.668. The number of sulfonamides is 1. The van der Waals surface area contributed by atoms with Crippen molar-refractivity contribution >= 4 is 27.4 Å². The van der Waals surface area contributed by atoms with Crippen molar-refractivity contribution in [2.75, 3.05) is 23.7 Å². The van der Waals surface area contributed by atoms with E-state index in [9.17, 15) is 30.8 Å². The number of nitrogens with one attached hydrogen (secondary N) is 2. The van der Waals surface area contributed by atoms with Gasteiger partial charge < -0.3 is 15.1 Å². The number of halogens is 4. The summed E-state index contributed by atoms with van der Waals surface area (Å²) < 4.78 is 83.7. The Morgan fingerprint density at radius 3 is 2.35 bits per heavy atom. The third kappa shape index (κ3) is 5.18. The van der Waals surface area contributed by atoms with Crippen molar-refractivity contribution in [2.45, 2.75) is 38.0 Å². The van der Waals surface area contributed by atoms with E-state index < -0.39 is 39.1 Å². The van der Waals surface area contributed by atoms with Gasteiger partial charge in [0.25, 0.3) is 10.0 Å². The highest BCUT2D eigenvalue weighted by Gasteiger charge is 2.43.